The summed E-state index contributed by atoms with van der Waals surface area (Å²) in [6.45, 7) is 6.79. The van der Waals surface area contributed by atoms with Gasteiger partial charge in [0, 0.05) is 5.92 Å². The van der Waals surface area contributed by atoms with E-state index in [0.717, 1.165) is 0 Å². The van der Waals surface area contributed by atoms with Crippen molar-refractivity contribution >= 4 is 16.8 Å². The van der Waals surface area contributed by atoms with Gasteiger partial charge in [0.25, 0.3) is 0 Å². The molecule has 1 aliphatic carbocycles. The quantitative estimate of drug-likeness (QED) is 0.334. The van der Waals surface area contributed by atoms with Gasteiger partial charge >= 0.3 is 0 Å². The Balaban J connectivity index is 1.55. The SMILES string of the molecule is CC(C)(C)c1ccc(-c2cccc3c2C=CC3c2ccc3ccccc3c2)cc1. The minimum atomic E-state index is 0.179. The Morgan fingerprint density at radius 3 is 2.21 bits per heavy atom. The van der Waals surface area contributed by atoms with E-state index < -0.39 is 0 Å². The van der Waals surface area contributed by atoms with Gasteiger partial charge in [-0.05, 0) is 49.6 Å². The standard InChI is InChI=1S/C29H26/c1-29(2,3)24-15-13-21(14-16-24)25-9-6-10-27-26(17-18-28(25)27)23-12-11-20-7-4-5-8-22(20)19-23/h4-19,26H,1-3H3. The van der Waals surface area contributed by atoms with E-state index in [9.17, 15) is 0 Å². The van der Waals surface area contributed by atoms with Gasteiger partial charge in [0.05, 0.1) is 0 Å². The molecule has 0 heterocycles. The molecule has 0 amide bonds. The van der Waals surface area contributed by atoms with Gasteiger partial charge in [-0.3, -0.25) is 0 Å². The highest BCUT2D eigenvalue weighted by molar-refractivity contribution is 5.85. The first-order valence-electron chi connectivity index (χ1n) is 10.4. The average Bonchev–Trinajstić information content (AvgIpc) is 3.17. The first-order valence-corrected chi connectivity index (χ1v) is 10.4. The van der Waals surface area contributed by atoms with Gasteiger partial charge in [-0.15, -0.1) is 0 Å². The van der Waals surface area contributed by atoms with Gasteiger partial charge in [0.2, 0.25) is 0 Å². The van der Waals surface area contributed by atoms with Gasteiger partial charge in [0.15, 0.2) is 0 Å². The summed E-state index contributed by atoms with van der Waals surface area (Å²) in [6.07, 6.45) is 4.66. The number of fused-ring (bicyclic) bond motifs is 2. The maximum Gasteiger partial charge on any atom is 0.0279 e. The number of rotatable bonds is 2. The van der Waals surface area contributed by atoms with Crippen LogP contribution in [-0.2, 0) is 5.41 Å². The van der Waals surface area contributed by atoms with Crippen LogP contribution in [0.5, 0.6) is 0 Å². The summed E-state index contributed by atoms with van der Waals surface area (Å²) in [7, 11) is 0. The van der Waals surface area contributed by atoms with Crippen LogP contribution in [0.25, 0.3) is 28.0 Å². The molecule has 4 aromatic rings. The molecular formula is C29H26. The average molecular weight is 375 g/mol. The molecule has 5 rings (SSSR count). The molecule has 0 aromatic heterocycles. The van der Waals surface area contributed by atoms with Crippen LogP contribution >= 0.6 is 0 Å². The number of hydrogen-bond acceptors (Lipinski definition) is 0. The van der Waals surface area contributed by atoms with Crippen LogP contribution < -0.4 is 0 Å². The molecule has 0 saturated carbocycles. The molecule has 0 radical (unpaired) electrons. The molecule has 4 aromatic carbocycles. The van der Waals surface area contributed by atoms with Crippen molar-refractivity contribution in [1.82, 2.24) is 0 Å². The minimum absolute atomic E-state index is 0.179. The molecule has 0 N–H and O–H groups in total. The van der Waals surface area contributed by atoms with E-state index in [1.165, 1.54) is 44.2 Å². The zero-order valence-corrected chi connectivity index (χ0v) is 17.3. The number of allylic oxidation sites excluding steroid dienone is 1. The van der Waals surface area contributed by atoms with Crippen molar-refractivity contribution in [2.24, 2.45) is 0 Å². The van der Waals surface area contributed by atoms with E-state index in [1.54, 1.807) is 0 Å². The van der Waals surface area contributed by atoms with Gasteiger partial charge in [0.1, 0.15) is 0 Å². The van der Waals surface area contributed by atoms with Crippen LogP contribution in [0.4, 0.5) is 0 Å². The Morgan fingerprint density at radius 1 is 0.690 bits per heavy atom. The Morgan fingerprint density at radius 2 is 1.45 bits per heavy atom. The number of benzene rings is 4. The smallest absolute Gasteiger partial charge is 0.0279 e. The van der Waals surface area contributed by atoms with E-state index in [1.807, 2.05) is 0 Å². The van der Waals surface area contributed by atoms with E-state index in [4.69, 9.17) is 0 Å². The van der Waals surface area contributed by atoms with E-state index in [-0.39, 0.29) is 5.41 Å². The first-order chi connectivity index (χ1) is 14.0. The van der Waals surface area contributed by atoms with Gasteiger partial charge < -0.3 is 0 Å². The van der Waals surface area contributed by atoms with Crippen molar-refractivity contribution in [3.63, 3.8) is 0 Å². The van der Waals surface area contributed by atoms with Crippen molar-refractivity contribution in [3.05, 3.63) is 113 Å². The van der Waals surface area contributed by atoms with Crippen molar-refractivity contribution in [2.45, 2.75) is 32.1 Å². The normalized spacial score (nSPS) is 15.6. The van der Waals surface area contributed by atoms with Crippen molar-refractivity contribution in [1.29, 1.82) is 0 Å². The molecule has 0 aliphatic heterocycles. The second-order valence-corrected chi connectivity index (χ2v) is 9.08. The second kappa shape index (κ2) is 6.74. The van der Waals surface area contributed by atoms with E-state index in [0.29, 0.717) is 5.92 Å². The van der Waals surface area contributed by atoms with Crippen LogP contribution in [0.2, 0.25) is 0 Å². The third-order valence-corrected chi connectivity index (χ3v) is 6.12. The summed E-state index contributed by atoms with van der Waals surface area (Å²) in [6, 6.07) is 31.3. The van der Waals surface area contributed by atoms with Crippen molar-refractivity contribution in [3.8, 4) is 11.1 Å². The van der Waals surface area contributed by atoms with Crippen LogP contribution in [0.3, 0.4) is 0 Å². The molecule has 142 valence electrons. The fourth-order valence-electron chi connectivity index (χ4n) is 4.43. The Hall–Kier alpha value is -3.12. The van der Waals surface area contributed by atoms with Crippen LogP contribution in [-0.4, -0.2) is 0 Å². The Labute approximate surface area is 173 Å². The predicted octanol–water partition coefficient (Wildman–Crippen LogP) is 7.96. The first kappa shape index (κ1) is 17.9. The maximum absolute atomic E-state index is 2.35. The van der Waals surface area contributed by atoms with Gasteiger partial charge in [-0.25, -0.2) is 0 Å². The Bertz CT molecular complexity index is 1220. The van der Waals surface area contributed by atoms with E-state index in [2.05, 4.69) is 118 Å². The molecule has 0 bridgehead atoms. The minimum Gasteiger partial charge on any atom is -0.0720 e. The van der Waals surface area contributed by atoms with E-state index >= 15 is 0 Å². The lowest BCUT2D eigenvalue weighted by molar-refractivity contribution is 0.590. The van der Waals surface area contributed by atoms with Crippen molar-refractivity contribution < 1.29 is 0 Å². The van der Waals surface area contributed by atoms with Crippen LogP contribution in [0.1, 0.15) is 48.9 Å². The zero-order chi connectivity index (χ0) is 20.0. The summed E-state index contributed by atoms with van der Waals surface area (Å²) in [4.78, 5) is 0. The number of hydrogen-bond donors (Lipinski definition) is 0. The molecule has 1 aliphatic rings. The maximum atomic E-state index is 2.35. The van der Waals surface area contributed by atoms with Crippen molar-refractivity contribution in [2.75, 3.05) is 0 Å². The fourth-order valence-corrected chi connectivity index (χ4v) is 4.43. The van der Waals surface area contributed by atoms with Crippen LogP contribution in [0, 0.1) is 0 Å². The summed E-state index contributed by atoms with van der Waals surface area (Å²) in [5, 5.41) is 2.60. The predicted molar refractivity (Wildman–Crippen MR) is 125 cm³/mol. The lowest BCUT2D eigenvalue weighted by Crippen LogP contribution is -2.10. The molecule has 29 heavy (non-hydrogen) atoms. The lowest BCUT2D eigenvalue weighted by Gasteiger charge is -2.19. The molecule has 1 atom stereocenters. The Kier molecular flexibility index (Phi) is 4.17. The molecule has 0 heteroatoms. The lowest BCUT2D eigenvalue weighted by atomic mass is 9.85. The topological polar surface area (TPSA) is 0 Å². The third kappa shape index (κ3) is 3.19. The van der Waals surface area contributed by atoms with Crippen LogP contribution in [0.15, 0.2) is 91.0 Å². The highest BCUT2D eigenvalue weighted by Gasteiger charge is 2.22. The van der Waals surface area contributed by atoms with Gasteiger partial charge in [-0.2, -0.15) is 0 Å². The largest absolute Gasteiger partial charge is 0.0720 e. The van der Waals surface area contributed by atoms with Gasteiger partial charge in [-0.1, -0.05) is 118 Å². The second-order valence-electron chi connectivity index (χ2n) is 9.08. The molecule has 1 unspecified atom stereocenters. The highest BCUT2D eigenvalue weighted by Crippen LogP contribution is 2.41. The summed E-state index contributed by atoms with van der Waals surface area (Å²) in [5.74, 6) is 0.323. The summed E-state index contributed by atoms with van der Waals surface area (Å²) < 4.78 is 0. The molecule has 0 fully saturated rings. The summed E-state index contributed by atoms with van der Waals surface area (Å²) in [5.41, 5.74) is 8.28. The zero-order valence-electron chi connectivity index (χ0n) is 17.3. The summed E-state index contributed by atoms with van der Waals surface area (Å²) >= 11 is 0. The molecule has 0 saturated heterocycles. The monoisotopic (exact) mass is 374 g/mol. The third-order valence-electron chi connectivity index (χ3n) is 6.12. The highest BCUT2D eigenvalue weighted by atomic mass is 14.3. The molecule has 0 spiro atoms. The fraction of sp³-hybridized carbons (Fsp3) is 0.172. The molecular weight excluding hydrogens is 348 g/mol. The molecule has 0 nitrogen and oxygen atoms in total.